The molecule has 0 bridgehead atoms. The average molecular weight is 413 g/mol. The quantitative estimate of drug-likeness (QED) is 0.452. The molecule has 4 aromatic rings. The Balaban J connectivity index is 1.66. The van der Waals surface area contributed by atoms with E-state index >= 15 is 0 Å². The predicted molar refractivity (Wildman–Crippen MR) is 107 cm³/mol. The molecule has 0 saturated carbocycles. The molecule has 0 fully saturated rings. The van der Waals surface area contributed by atoms with Gasteiger partial charge in [-0.2, -0.15) is 13.2 Å². The van der Waals surface area contributed by atoms with Crippen molar-refractivity contribution in [3.8, 4) is 10.4 Å². The minimum absolute atomic E-state index is 0.0406. The molecule has 1 N–H and O–H groups in total. The molecule has 29 heavy (non-hydrogen) atoms. The van der Waals surface area contributed by atoms with E-state index in [1.807, 2.05) is 37.3 Å². The third-order valence-corrected chi connectivity index (χ3v) is 5.60. The maximum absolute atomic E-state index is 12.8. The maximum Gasteiger partial charge on any atom is 0.433 e. The van der Waals surface area contributed by atoms with Crippen LogP contribution in [0.2, 0.25) is 0 Å². The zero-order valence-electron chi connectivity index (χ0n) is 15.1. The number of alkyl halides is 3. The molecular weight excluding hydrogens is 399 g/mol. The van der Waals surface area contributed by atoms with Crippen LogP contribution in [0.5, 0.6) is 0 Å². The van der Waals surface area contributed by atoms with Gasteiger partial charge in [0.05, 0.1) is 11.1 Å². The van der Waals surface area contributed by atoms with Crippen LogP contribution in [0.3, 0.4) is 0 Å². The van der Waals surface area contributed by atoms with Crippen molar-refractivity contribution in [1.29, 1.82) is 0 Å². The minimum atomic E-state index is -4.57. The fourth-order valence-electron chi connectivity index (χ4n) is 3.07. The second-order valence-corrected chi connectivity index (χ2v) is 7.24. The van der Waals surface area contributed by atoms with Gasteiger partial charge in [0, 0.05) is 39.3 Å². The van der Waals surface area contributed by atoms with E-state index in [9.17, 15) is 18.0 Å². The maximum atomic E-state index is 12.8. The number of hydrogen-bond acceptors (Lipinski definition) is 4. The average Bonchev–Trinajstić information content (AvgIpc) is 3.08. The van der Waals surface area contributed by atoms with Crippen molar-refractivity contribution in [1.82, 2.24) is 9.97 Å². The van der Waals surface area contributed by atoms with Crippen molar-refractivity contribution in [2.45, 2.75) is 13.1 Å². The second kappa shape index (κ2) is 7.29. The summed E-state index contributed by atoms with van der Waals surface area (Å²) >= 11 is 1.41. The number of fused-ring (bicyclic) bond motifs is 1. The number of carbonyl (C=O) groups is 1. The number of nitrogens with zero attached hydrogens (tertiary/aromatic N) is 2. The lowest BCUT2D eigenvalue weighted by Crippen LogP contribution is -2.14. The van der Waals surface area contributed by atoms with E-state index < -0.39 is 17.8 Å². The summed E-state index contributed by atoms with van der Waals surface area (Å²) in [6, 6.07) is 11.7. The Kier molecular flexibility index (Phi) is 4.79. The van der Waals surface area contributed by atoms with Gasteiger partial charge in [0.2, 0.25) is 0 Å². The van der Waals surface area contributed by atoms with Gasteiger partial charge in [-0.15, -0.1) is 11.3 Å². The first kappa shape index (κ1) is 19.1. The van der Waals surface area contributed by atoms with Crippen molar-refractivity contribution in [2.24, 2.45) is 0 Å². The lowest BCUT2D eigenvalue weighted by molar-refractivity contribution is -0.141. The second-order valence-electron chi connectivity index (χ2n) is 6.36. The first-order chi connectivity index (χ1) is 13.8. The van der Waals surface area contributed by atoms with Crippen molar-refractivity contribution in [2.75, 3.05) is 5.32 Å². The molecule has 0 aliphatic carbocycles. The highest BCUT2D eigenvalue weighted by Gasteiger charge is 2.32. The summed E-state index contributed by atoms with van der Waals surface area (Å²) in [4.78, 5) is 21.3. The Bertz CT molecular complexity index is 1210. The summed E-state index contributed by atoms with van der Waals surface area (Å²) in [5, 5.41) is 5.21. The third-order valence-electron chi connectivity index (χ3n) is 4.48. The van der Waals surface area contributed by atoms with E-state index in [4.69, 9.17) is 0 Å². The molecule has 0 unspecified atom stereocenters. The Morgan fingerprint density at radius 3 is 2.69 bits per heavy atom. The molecule has 4 nitrogen and oxygen atoms in total. The van der Waals surface area contributed by atoms with Crippen LogP contribution >= 0.6 is 11.3 Å². The molecule has 0 saturated heterocycles. The number of halogens is 3. The van der Waals surface area contributed by atoms with E-state index in [-0.39, 0.29) is 5.69 Å². The van der Waals surface area contributed by atoms with Gasteiger partial charge >= 0.3 is 6.18 Å². The van der Waals surface area contributed by atoms with E-state index in [0.717, 1.165) is 39.2 Å². The fourth-order valence-corrected chi connectivity index (χ4v) is 4.18. The van der Waals surface area contributed by atoms with E-state index in [1.54, 1.807) is 11.6 Å². The standard InChI is InChI=1S/C21H14F3N3OS/c1-12-16(20(28)27-13-7-9-26-18(10-13)21(22,23)24)11-29-19(12)15-4-2-6-17-14(15)5-3-8-25-17/h2-11H,1H3,(H,26,27,28). The minimum Gasteiger partial charge on any atom is -0.322 e. The van der Waals surface area contributed by atoms with Crippen molar-refractivity contribution in [3.05, 3.63) is 77.1 Å². The first-order valence-electron chi connectivity index (χ1n) is 8.61. The lowest BCUT2D eigenvalue weighted by Gasteiger charge is -2.09. The van der Waals surface area contributed by atoms with Gasteiger partial charge in [-0.3, -0.25) is 14.8 Å². The predicted octanol–water partition coefficient (Wildman–Crippen LogP) is 5.94. The number of amides is 1. The number of benzene rings is 1. The Labute approximate surface area is 168 Å². The number of nitrogens with one attached hydrogen (secondary N) is 1. The topological polar surface area (TPSA) is 54.9 Å². The Morgan fingerprint density at radius 2 is 1.90 bits per heavy atom. The number of hydrogen-bond donors (Lipinski definition) is 1. The van der Waals surface area contributed by atoms with Crippen molar-refractivity contribution < 1.29 is 18.0 Å². The molecule has 4 rings (SSSR count). The molecule has 0 atom stereocenters. The molecule has 0 radical (unpaired) electrons. The molecule has 146 valence electrons. The van der Waals surface area contributed by atoms with Gasteiger partial charge in [-0.1, -0.05) is 18.2 Å². The van der Waals surface area contributed by atoms with E-state index in [0.29, 0.717) is 5.56 Å². The van der Waals surface area contributed by atoms with E-state index in [1.165, 1.54) is 17.4 Å². The number of carbonyl (C=O) groups excluding carboxylic acids is 1. The van der Waals surface area contributed by atoms with Crippen molar-refractivity contribution >= 4 is 33.8 Å². The number of thiophene rings is 1. The largest absolute Gasteiger partial charge is 0.433 e. The lowest BCUT2D eigenvalue weighted by atomic mass is 10.0. The van der Waals surface area contributed by atoms with Gasteiger partial charge < -0.3 is 5.32 Å². The summed E-state index contributed by atoms with van der Waals surface area (Å²) in [7, 11) is 0. The van der Waals surface area contributed by atoms with Crippen LogP contribution in [0, 0.1) is 6.92 Å². The van der Waals surface area contributed by atoms with Gasteiger partial charge in [-0.25, -0.2) is 0 Å². The van der Waals surface area contributed by atoms with Gasteiger partial charge in [-0.05, 0) is 36.8 Å². The first-order valence-corrected chi connectivity index (χ1v) is 9.49. The summed E-state index contributed by atoms with van der Waals surface area (Å²) in [6.45, 7) is 1.82. The molecule has 3 heterocycles. The molecule has 8 heteroatoms. The molecular formula is C21H14F3N3OS. The molecule has 1 aromatic carbocycles. The third kappa shape index (κ3) is 3.71. The number of anilines is 1. The van der Waals surface area contributed by atoms with Crippen LogP contribution < -0.4 is 5.32 Å². The zero-order chi connectivity index (χ0) is 20.6. The van der Waals surface area contributed by atoms with Crippen molar-refractivity contribution in [3.63, 3.8) is 0 Å². The number of rotatable bonds is 3. The number of pyridine rings is 2. The van der Waals surface area contributed by atoms with Crippen LogP contribution in [0.4, 0.5) is 18.9 Å². The molecule has 1 amide bonds. The molecule has 0 aliphatic rings. The summed E-state index contributed by atoms with van der Waals surface area (Å²) in [6.07, 6.45) is -1.84. The zero-order valence-corrected chi connectivity index (χ0v) is 15.9. The van der Waals surface area contributed by atoms with Crippen LogP contribution in [0.15, 0.2) is 60.2 Å². The molecule has 0 aliphatic heterocycles. The number of aromatic nitrogens is 2. The highest BCUT2D eigenvalue weighted by atomic mass is 32.1. The summed E-state index contributed by atoms with van der Waals surface area (Å²) in [5.41, 5.74) is 1.96. The summed E-state index contributed by atoms with van der Waals surface area (Å²) < 4.78 is 38.5. The van der Waals surface area contributed by atoms with Crippen LogP contribution in [-0.2, 0) is 6.18 Å². The Morgan fingerprint density at radius 1 is 1.07 bits per heavy atom. The molecule has 3 aromatic heterocycles. The fraction of sp³-hybridized carbons (Fsp3) is 0.0952. The van der Waals surface area contributed by atoms with Gasteiger partial charge in [0.1, 0.15) is 5.69 Å². The smallest absolute Gasteiger partial charge is 0.322 e. The molecule has 0 spiro atoms. The Hall–Kier alpha value is -3.26. The van der Waals surface area contributed by atoms with Gasteiger partial charge in [0.15, 0.2) is 0 Å². The highest BCUT2D eigenvalue weighted by molar-refractivity contribution is 7.14. The normalized spacial score (nSPS) is 11.6. The van der Waals surface area contributed by atoms with Crippen LogP contribution in [0.1, 0.15) is 21.6 Å². The van der Waals surface area contributed by atoms with Gasteiger partial charge in [0.25, 0.3) is 5.91 Å². The highest BCUT2D eigenvalue weighted by Crippen LogP contribution is 2.36. The SMILES string of the molecule is Cc1c(C(=O)Nc2ccnc(C(F)(F)F)c2)csc1-c1cccc2ncccc12. The monoisotopic (exact) mass is 413 g/mol. The summed E-state index contributed by atoms with van der Waals surface area (Å²) in [5.74, 6) is -0.470. The van der Waals surface area contributed by atoms with Crippen LogP contribution in [0.25, 0.3) is 21.3 Å². The van der Waals surface area contributed by atoms with E-state index in [2.05, 4.69) is 15.3 Å². The van der Waals surface area contributed by atoms with Crippen LogP contribution in [-0.4, -0.2) is 15.9 Å².